The van der Waals surface area contributed by atoms with E-state index in [1.807, 2.05) is 0 Å². The van der Waals surface area contributed by atoms with Crippen LogP contribution in [0.25, 0.3) is 0 Å². The monoisotopic (exact) mass is 297 g/mol. The number of rotatable bonds is 13. The summed E-state index contributed by atoms with van der Waals surface area (Å²) < 4.78 is 0. The van der Waals surface area contributed by atoms with Crippen molar-refractivity contribution < 1.29 is 9.60 Å². The SMILES string of the molecule is CCCCCCCCCCC[NH+]1C=CC(CCCC)=C1.[F-]. The third-order valence-corrected chi connectivity index (χ3v) is 4.27. The van der Waals surface area contributed by atoms with Gasteiger partial charge >= 0.3 is 0 Å². The molecule has 1 heterocycles. The Balaban J connectivity index is 0.00000400. The Kier molecular flexibility index (Phi) is 13.9. The van der Waals surface area contributed by atoms with Gasteiger partial charge in [-0.1, -0.05) is 65.2 Å². The van der Waals surface area contributed by atoms with E-state index in [-0.39, 0.29) is 4.70 Å². The molecule has 0 amide bonds. The van der Waals surface area contributed by atoms with E-state index < -0.39 is 0 Å². The van der Waals surface area contributed by atoms with Crippen molar-refractivity contribution in [3.05, 3.63) is 24.0 Å². The van der Waals surface area contributed by atoms with Gasteiger partial charge in [0.25, 0.3) is 0 Å². The van der Waals surface area contributed by atoms with E-state index in [1.165, 1.54) is 83.6 Å². The molecule has 1 rings (SSSR count). The summed E-state index contributed by atoms with van der Waals surface area (Å²) in [4.78, 5) is 1.57. The van der Waals surface area contributed by atoms with E-state index >= 15 is 0 Å². The number of quaternary nitrogens is 1. The number of hydrogen-bond acceptors (Lipinski definition) is 0. The molecule has 0 aliphatic carbocycles. The van der Waals surface area contributed by atoms with Gasteiger partial charge in [-0.15, -0.1) is 0 Å². The third kappa shape index (κ3) is 10.7. The summed E-state index contributed by atoms with van der Waals surface area (Å²) in [5, 5.41) is 0. The zero-order valence-corrected chi connectivity index (χ0v) is 14.3. The van der Waals surface area contributed by atoms with E-state index in [0.717, 1.165) is 0 Å². The maximum absolute atomic E-state index is 2.43. The highest BCUT2D eigenvalue weighted by molar-refractivity contribution is 5.17. The van der Waals surface area contributed by atoms with E-state index in [1.54, 1.807) is 10.5 Å². The molecule has 0 spiro atoms. The molecule has 0 aromatic carbocycles. The lowest BCUT2D eigenvalue weighted by Crippen LogP contribution is -3.01. The molecule has 0 radical (unpaired) electrons. The van der Waals surface area contributed by atoms with Crippen LogP contribution < -0.4 is 9.60 Å². The van der Waals surface area contributed by atoms with Gasteiger partial charge in [0, 0.05) is 11.6 Å². The van der Waals surface area contributed by atoms with Gasteiger partial charge in [0.2, 0.25) is 0 Å². The molecule has 0 fully saturated rings. The van der Waals surface area contributed by atoms with E-state index in [2.05, 4.69) is 32.3 Å². The number of unbranched alkanes of at least 4 members (excludes halogenated alkanes) is 9. The van der Waals surface area contributed by atoms with Crippen LogP contribution in [0.3, 0.4) is 0 Å². The molecule has 0 aromatic heterocycles. The van der Waals surface area contributed by atoms with Crippen LogP contribution in [-0.2, 0) is 0 Å². The van der Waals surface area contributed by atoms with Crippen molar-refractivity contribution in [1.82, 2.24) is 0 Å². The second-order valence-electron chi connectivity index (χ2n) is 6.31. The summed E-state index contributed by atoms with van der Waals surface area (Å²) in [5.41, 5.74) is 1.55. The predicted molar refractivity (Wildman–Crippen MR) is 89.8 cm³/mol. The van der Waals surface area contributed by atoms with Crippen LogP contribution >= 0.6 is 0 Å². The Hall–Kier alpha value is -0.630. The van der Waals surface area contributed by atoms with Crippen molar-refractivity contribution in [2.24, 2.45) is 0 Å². The number of nitrogens with one attached hydrogen (secondary N) is 1. The standard InChI is InChI=1S/C19H35N.FH/c1-3-5-7-8-9-10-11-12-13-16-20-17-15-19(18-20)14-6-4-2;/h15,17-18H,3-14,16H2,1-2H3;1H. The zero-order chi connectivity index (χ0) is 14.5. The summed E-state index contributed by atoms with van der Waals surface area (Å²) in [6.45, 7) is 5.85. The summed E-state index contributed by atoms with van der Waals surface area (Å²) in [6.07, 6.45) is 23.9. The van der Waals surface area contributed by atoms with Gasteiger partial charge < -0.3 is 4.70 Å². The third-order valence-electron chi connectivity index (χ3n) is 4.27. The van der Waals surface area contributed by atoms with Crippen molar-refractivity contribution in [3.63, 3.8) is 0 Å². The van der Waals surface area contributed by atoms with Crippen LogP contribution in [-0.4, -0.2) is 6.54 Å². The second kappa shape index (κ2) is 14.3. The molecule has 0 saturated carbocycles. The molecule has 124 valence electrons. The molecule has 0 bridgehead atoms. The van der Waals surface area contributed by atoms with E-state index in [4.69, 9.17) is 0 Å². The Morgan fingerprint density at radius 3 is 1.95 bits per heavy atom. The first-order valence-electron chi connectivity index (χ1n) is 9.11. The van der Waals surface area contributed by atoms with E-state index in [9.17, 15) is 0 Å². The smallest absolute Gasteiger partial charge is 0.102 e. The number of allylic oxidation sites excluding steroid dienone is 2. The second-order valence-corrected chi connectivity index (χ2v) is 6.31. The fourth-order valence-electron chi connectivity index (χ4n) is 2.88. The van der Waals surface area contributed by atoms with Gasteiger partial charge in [-0.05, 0) is 25.7 Å². The average Bonchev–Trinajstić information content (AvgIpc) is 2.91. The van der Waals surface area contributed by atoms with Crippen LogP contribution in [0.5, 0.6) is 0 Å². The topological polar surface area (TPSA) is 4.44 Å². The normalized spacial score (nSPS) is 16.9. The van der Waals surface area contributed by atoms with Gasteiger partial charge in [-0.3, -0.25) is 4.90 Å². The highest BCUT2D eigenvalue weighted by Crippen LogP contribution is 2.10. The van der Waals surface area contributed by atoms with Gasteiger partial charge in [-0.2, -0.15) is 0 Å². The minimum absolute atomic E-state index is 0. The zero-order valence-electron chi connectivity index (χ0n) is 14.3. The van der Waals surface area contributed by atoms with Crippen LogP contribution in [0, 0.1) is 0 Å². The molecule has 1 N–H and O–H groups in total. The first-order valence-corrected chi connectivity index (χ1v) is 9.11. The molecule has 1 nitrogen and oxygen atoms in total. The maximum atomic E-state index is 2.43. The summed E-state index contributed by atoms with van der Waals surface area (Å²) >= 11 is 0. The number of hydrogen-bond donors (Lipinski definition) is 1. The Morgan fingerprint density at radius 1 is 0.762 bits per heavy atom. The lowest BCUT2D eigenvalue weighted by Gasteiger charge is -2.06. The molecular formula is C19H36FN. The lowest BCUT2D eigenvalue weighted by atomic mass is 10.1. The predicted octanol–water partition coefficient (Wildman–Crippen LogP) is 2.01. The van der Waals surface area contributed by atoms with Gasteiger partial charge in [0.15, 0.2) is 0 Å². The first-order chi connectivity index (χ1) is 9.86. The molecule has 0 aromatic rings. The first kappa shape index (κ1) is 20.4. The highest BCUT2D eigenvalue weighted by Gasteiger charge is 2.09. The Labute approximate surface area is 131 Å². The van der Waals surface area contributed by atoms with Crippen molar-refractivity contribution in [1.29, 1.82) is 0 Å². The summed E-state index contributed by atoms with van der Waals surface area (Å²) in [5.74, 6) is 0. The van der Waals surface area contributed by atoms with Gasteiger partial charge in [0.05, 0.1) is 12.7 Å². The molecule has 1 aliphatic heterocycles. The lowest BCUT2D eigenvalue weighted by molar-refractivity contribution is -0.788. The van der Waals surface area contributed by atoms with Crippen LogP contribution in [0.2, 0.25) is 0 Å². The Bertz CT molecular complexity index is 283. The molecule has 1 atom stereocenters. The van der Waals surface area contributed by atoms with Gasteiger partial charge in [0.1, 0.15) is 6.20 Å². The fourth-order valence-corrected chi connectivity index (χ4v) is 2.88. The fraction of sp³-hybridized carbons (Fsp3) is 0.789. The van der Waals surface area contributed by atoms with Crippen molar-refractivity contribution in [2.75, 3.05) is 6.54 Å². The molecular weight excluding hydrogens is 261 g/mol. The van der Waals surface area contributed by atoms with Crippen LogP contribution in [0.4, 0.5) is 0 Å². The van der Waals surface area contributed by atoms with Crippen molar-refractivity contribution in [2.45, 2.75) is 90.9 Å². The van der Waals surface area contributed by atoms with Crippen molar-refractivity contribution >= 4 is 0 Å². The van der Waals surface area contributed by atoms with Crippen molar-refractivity contribution in [3.8, 4) is 0 Å². The molecule has 21 heavy (non-hydrogen) atoms. The molecule has 2 heteroatoms. The quantitative estimate of drug-likeness (QED) is 0.496. The van der Waals surface area contributed by atoms with Gasteiger partial charge in [-0.25, -0.2) is 0 Å². The van der Waals surface area contributed by atoms with Crippen LogP contribution in [0.1, 0.15) is 90.9 Å². The van der Waals surface area contributed by atoms with Crippen LogP contribution in [0.15, 0.2) is 24.0 Å². The molecule has 1 aliphatic rings. The highest BCUT2D eigenvalue weighted by atomic mass is 19.0. The maximum Gasteiger partial charge on any atom is 0.102 e. The minimum Gasteiger partial charge on any atom is -1.00 e. The summed E-state index contributed by atoms with van der Waals surface area (Å²) in [6, 6.07) is 0. The Morgan fingerprint density at radius 2 is 1.33 bits per heavy atom. The average molecular weight is 298 g/mol. The largest absolute Gasteiger partial charge is 1.00 e. The molecule has 0 saturated heterocycles. The molecule has 1 unspecified atom stereocenters. The van der Waals surface area contributed by atoms with E-state index in [0.29, 0.717) is 0 Å². The summed E-state index contributed by atoms with van der Waals surface area (Å²) in [7, 11) is 0. The minimum atomic E-state index is 0. The number of halogens is 1.